The maximum absolute atomic E-state index is 11.6. The first-order valence-electron chi connectivity index (χ1n) is 11.2. The summed E-state index contributed by atoms with van der Waals surface area (Å²) in [5.74, 6) is -1.04. The Bertz CT molecular complexity index is 1390. The number of aromatic hydroxyl groups is 4. The van der Waals surface area contributed by atoms with Gasteiger partial charge in [-0.2, -0.15) is 0 Å². The van der Waals surface area contributed by atoms with Gasteiger partial charge in [0.2, 0.25) is 0 Å². The van der Waals surface area contributed by atoms with Crippen molar-refractivity contribution in [1.29, 1.82) is 0 Å². The van der Waals surface area contributed by atoms with Crippen LogP contribution in [0.4, 0.5) is 0 Å². The topological polar surface area (TPSA) is 149 Å². The van der Waals surface area contributed by atoms with Gasteiger partial charge in [-0.05, 0) is 81.9 Å². The largest absolute Gasteiger partial charge is 0.507 e. The highest BCUT2D eigenvalue weighted by Crippen LogP contribution is 2.40. The van der Waals surface area contributed by atoms with Crippen molar-refractivity contribution < 1.29 is 39.6 Å². The fraction of sp³-hybridized carbons (Fsp3) is 0. The lowest BCUT2D eigenvalue weighted by atomic mass is 9.84. The maximum Gasteiger partial charge on any atom is 0.153 e. The molecule has 8 heteroatoms. The van der Waals surface area contributed by atoms with Gasteiger partial charge in [0.05, 0.1) is 22.3 Å². The van der Waals surface area contributed by atoms with Crippen molar-refractivity contribution in [2.75, 3.05) is 0 Å². The molecule has 0 bridgehead atoms. The van der Waals surface area contributed by atoms with E-state index in [1.165, 1.54) is 72.8 Å². The van der Waals surface area contributed by atoms with E-state index < -0.39 is 0 Å². The van der Waals surface area contributed by atoms with Crippen molar-refractivity contribution in [1.82, 2.24) is 0 Å². The number of carbonyl (C=O) groups is 4. The van der Waals surface area contributed by atoms with E-state index >= 15 is 0 Å². The van der Waals surface area contributed by atoms with E-state index in [-0.39, 0.29) is 45.3 Å². The van der Waals surface area contributed by atoms with Crippen molar-refractivity contribution in [2.45, 2.75) is 0 Å². The second-order valence-corrected chi connectivity index (χ2v) is 8.32. The molecule has 0 unspecified atom stereocenters. The lowest BCUT2D eigenvalue weighted by Crippen LogP contribution is -2.01. The molecule has 0 saturated carbocycles. The molecule has 0 saturated heterocycles. The van der Waals surface area contributed by atoms with E-state index in [0.29, 0.717) is 58.5 Å². The molecule has 8 nitrogen and oxygen atoms in total. The highest BCUT2D eigenvalue weighted by Gasteiger charge is 2.20. The molecule has 4 rings (SSSR count). The summed E-state index contributed by atoms with van der Waals surface area (Å²) >= 11 is 0. The molecule has 4 aromatic carbocycles. The predicted molar refractivity (Wildman–Crippen MR) is 139 cm³/mol. The van der Waals surface area contributed by atoms with Crippen LogP contribution in [-0.4, -0.2) is 45.6 Å². The fourth-order valence-corrected chi connectivity index (χ4v) is 4.13. The number of aldehydes is 4. The number of phenols is 4. The van der Waals surface area contributed by atoms with Crippen LogP contribution >= 0.6 is 0 Å². The Morgan fingerprint density at radius 3 is 0.789 bits per heavy atom. The summed E-state index contributed by atoms with van der Waals surface area (Å²) in [5.41, 5.74) is 2.32. The minimum absolute atomic E-state index is 0.0210. The van der Waals surface area contributed by atoms with Crippen molar-refractivity contribution >= 4 is 36.3 Å². The lowest BCUT2D eigenvalue weighted by Gasteiger charge is -2.20. The molecule has 0 aliphatic carbocycles. The Balaban J connectivity index is 2.23. The zero-order valence-electron chi connectivity index (χ0n) is 19.7. The molecule has 0 aromatic heterocycles. The van der Waals surface area contributed by atoms with Crippen LogP contribution in [0.25, 0.3) is 11.1 Å². The predicted octanol–water partition coefficient (Wildman–Crippen LogP) is 4.77. The second kappa shape index (κ2) is 10.6. The molecule has 0 amide bonds. The van der Waals surface area contributed by atoms with Crippen molar-refractivity contribution in [3.05, 3.63) is 117 Å². The number of rotatable bonds is 8. The minimum atomic E-state index is -0.260. The van der Waals surface area contributed by atoms with Crippen LogP contribution in [0, 0.1) is 0 Å². The molecule has 0 aliphatic rings. The van der Waals surface area contributed by atoms with E-state index in [1.54, 1.807) is 0 Å². The first-order valence-corrected chi connectivity index (χ1v) is 11.2. The highest BCUT2D eigenvalue weighted by molar-refractivity contribution is 6.07. The summed E-state index contributed by atoms with van der Waals surface area (Å²) in [6.07, 6.45) is 1.89. The van der Waals surface area contributed by atoms with Crippen LogP contribution in [0.1, 0.15) is 63.7 Å². The summed E-state index contributed by atoms with van der Waals surface area (Å²) in [6.45, 7) is 0. The summed E-state index contributed by atoms with van der Waals surface area (Å²) < 4.78 is 0. The zero-order valence-corrected chi connectivity index (χ0v) is 19.7. The third-order valence-electron chi connectivity index (χ3n) is 6.02. The normalized spacial score (nSPS) is 10.4. The summed E-state index contributed by atoms with van der Waals surface area (Å²) in [6, 6.07) is 17.1. The van der Waals surface area contributed by atoms with Gasteiger partial charge in [-0.25, -0.2) is 0 Å². The minimum Gasteiger partial charge on any atom is -0.507 e. The van der Waals surface area contributed by atoms with Gasteiger partial charge in [0, 0.05) is 0 Å². The van der Waals surface area contributed by atoms with Crippen LogP contribution in [0.3, 0.4) is 0 Å². The van der Waals surface area contributed by atoms with E-state index in [9.17, 15) is 39.6 Å². The molecule has 0 atom stereocenters. The van der Waals surface area contributed by atoms with E-state index in [1.807, 2.05) is 0 Å². The summed E-state index contributed by atoms with van der Waals surface area (Å²) in [7, 11) is 0. The average molecular weight is 508 g/mol. The average Bonchev–Trinajstić information content (AvgIpc) is 2.93. The van der Waals surface area contributed by atoms with Crippen LogP contribution in [-0.2, 0) is 0 Å². The van der Waals surface area contributed by atoms with Crippen LogP contribution in [0.5, 0.6) is 23.0 Å². The van der Waals surface area contributed by atoms with Gasteiger partial charge in [-0.3, -0.25) is 19.2 Å². The fourth-order valence-electron chi connectivity index (χ4n) is 4.13. The third kappa shape index (κ3) is 4.78. The zero-order chi connectivity index (χ0) is 27.4. The van der Waals surface area contributed by atoms with Crippen LogP contribution < -0.4 is 0 Å². The molecule has 0 heterocycles. The SMILES string of the molecule is O=Cc1cc(C(=C(c2ccc(O)c(C=O)c2)c2ccc(O)c(C=O)c2)c2ccc(O)c(C=O)c2)ccc1O. The highest BCUT2D eigenvalue weighted by atomic mass is 16.3. The Morgan fingerprint density at radius 2 is 0.605 bits per heavy atom. The summed E-state index contributed by atoms with van der Waals surface area (Å²) in [5, 5.41) is 40.5. The number of phenolic OH excluding ortho intramolecular Hbond substituents is 4. The Labute approximate surface area is 216 Å². The van der Waals surface area contributed by atoms with Gasteiger partial charge in [0.15, 0.2) is 25.1 Å². The van der Waals surface area contributed by atoms with Crippen LogP contribution in [0.15, 0.2) is 72.8 Å². The maximum atomic E-state index is 11.6. The van der Waals surface area contributed by atoms with Gasteiger partial charge >= 0.3 is 0 Å². The number of hydrogen-bond donors (Lipinski definition) is 4. The third-order valence-corrected chi connectivity index (χ3v) is 6.02. The van der Waals surface area contributed by atoms with Gasteiger partial charge in [0.1, 0.15) is 23.0 Å². The molecule has 0 spiro atoms. The first-order chi connectivity index (χ1) is 18.3. The van der Waals surface area contributed by atoms with Crippen molar-refractivity contribution in [2.24, 2.45) is 0 Å². The smallest absolute Gasteiger partial charge is 0.153 e. The quantitative estimate of drug-likeness (QED) is 0.196. The molecule has 0 radical (unpaired) electrons. The van der Waals surface area contributed by atoms with E-state index in [0.717, 1.165) is 0 Å². The number of carbonyl (C=O) groups excluding carboxylic acids is 4. The second-order valence-electron chi connectivity index (χ2n) is 8.32. The van der Waals surface area contributed by atoms with Gasteiger partial charge < -0.3 is 20.4 Å². The van der Waals surface area contributed by atoms with E-state index in [4.69, 9.17) is 0 Å². The van der Waals surface area contributed by atoms with Crippen LogP contribution in [0.2, 0.25) is 0 Å². The molecular formula is C30H20O8. The molecule has 4 N–H and O–H groups in total. The molecule has 0 fully saturated rings. The van der Waals surface area contributed by atoms with Crippen molar-refractivity contribution in [3.63, 3.8) is 0 Å². The van der Waals surface area contributed by atoms with E-state index in [2.05, 4.69) is 0 Å². The lowest BCUT2D eigenvalue weighted by molar-refractivity contribution is 0.111. The standard InChI is InChI=1S/C30H20O8/c31-13-21-9-17(1-5-25(21)35)29(18-2-6-26(36)22(10-18)14-32)30(19-3-7-27(37)23(11-19)15-33)20-4-8-28(38)24(12-20)16-34/h1-16,35-38H. The Kier molecular flexibility index (Phi) is 7.16. The summed E-state index contributed by atoms with van der Waals surface area (Å²) in [4.78, 5) is 46.6. The Morgan fingerprint density at radius 1 is 0.395 bits per heavy atom. The number of benzene rings is 4. The Hall–Kier alpha value is -5.50. The number of hydrogen-bond acceptors (Lipinski definition) is 8. The van der Waals surface area contributed by atoms with Crippen molar-refractivity contribution in [3.8, 4) is 23.0 Å². The molecule has 4 aromatic rings. The molecular weight excluding hydrogens is 488 g/mol. The van der Waals surface area contributed by atoms with Gasteiger partial charge in [-0.1, -0.05) is 24.3 Å². The van der Waals surface area contributed by atoms with Gasteiger partial charge in [-0.15, -0.1) is 0 Å². The first kappa shape index (κ1) is 25.6. The monoisotopic (exact) mass is 508 g/mol. The molecule has 0 aliphatic heterocycles. The molecule has 38 heavy (non-hydrogen) atoms. The molecule has 188 valence electrons. The van der Waals surface area contributed by atoms with Gasteiger partial charge in [0.25, 0.3) is 0 Å².